The summed E-state index contributed by atoms with van der Waals surface area (Å²) in [5.74, 6) is 0. The quantitative estimate of drug-likeness (QED) is 0.159. The van der Waals surface area contributed by atoms with Gasteiger partial charge in [0.2, 0.25) is 0 Å². The van der Waals surface area contributed by atoms with Gasteiger partial charge >= 0.3 is 0 Å². The van der Waals surface area contributed by atoms with Crippen LogP contribution in [-0.4, -0.2) is 0 Å². The highest BCUT2D eigenvalue weighted by Gasteiger charge is 2.37. The SMILES string of the molecule is CC1(C)c2cc(-c3ccc(-c4c5ccccc5c(-c5ccc6ccccc6c5)c5ccccc45)cc3)ccc2-c2c1ccc1ccc3sc4ccccc4c3c21. The molecule has 0 aliphatic heterocycles. The van der Waals surface area contributed by atoms with E-state index in [2.05, 4.69) is 196 Å². The zero-order valence-electron chi connectivity index (χ0n) is 31.2. The lowest BCUT2D eigenvalue weighted by molar-refractivity contribution is 0.661. The van der Waals surface area contributed by atoms with E-state index in [1.165, 1.54) is 119 Å². The monoisotopic (exact) mass is 728 g/mol. The molecule has 0 N–H and O–H groups in total. The third-order valence-electron chi connectivity index (χ3n) is 12.6. The van der Waals surface area contributed by atoms with Gasteiger partial charge in [0.25, 0.3) is 0 Å². The Balaban J connectivity index is 0.996. The van der Waals surface area contributed by atoms with E-state index in [1.807, 2.05) is 11.3 Å². The average Bonchev–Trinajstić information content (AvgIpc) is 3.74. The topological polar surface area (TPSA) is 0 Å². The van der Waals surface area contributed by atoms with Crippen LogP contribution in [0.1, 0.15) is 25.0 Å². The summed E-state index contributed by atoms with van der Waals surface area (Å²) in [6.45, 7) is 4.81. The summed E-state index contributed by atoms with van der Waals surface area (Å²) in [6.07, 6.45) is 0. The first-order valence-electron chi connectivity index (χ1n) is 19.6. The molecular weight excluding hydrogens is 693 g/mol. The van der Waals surface area contributed by atoms with Crippen LogP contribution >= 0.6 is 11.3 Å². The molecule has 1 heterocycles. The molecule has 0 fully saturated rings. The van der Waals surface area contributed by atoms with Crippen LogP contribution in [0.25, 0.3) is 108 Å². The summed E-state index contributed by atoms with van der Waals surface area (Å²) in [4.78, 5) is 0. The van der Waals surface area contributed by atoms with Gasteiger partial charge in [0, 0.05) is 25.6 Å². The minimum absolute atomic E-state index is 0.118. The van der Waals surface area contributed by atoms with E-state index in [4.69, 9.17) is 0 Å². The molecule has 0 saturated heterocycles. The van der Waals surface area contributed by atoms with Gasteiger partial charge in [-0.25, -0.2) is 0 Å². The van der Waals surface area contributed by atoms with Crippen LogP contribution in [0.2, 0.25) is 0 Å². The molecule has 0 unspecified atom stereocenters. The molecule has 0 nitrogen and oxygen atoms in total. The lowest BCUT2D eigenvalue weighted by Crippen LogP contribution is -2.15. The van der Waals surface area contributed by atoms with Gasteiger partial charge in [-0.2, -0.15) is 0 Å². The van der Waals surface area contributed by atoms with Gasteiger partial charge in [-0.3, -0.25) is 0 Å². The summed E-state index contributed by atoms with van der Waals surface area (Å²) in [5, 5.41) is 13.1. The zero-order valence-corrected chi connectivity index (χ0v) is 32.0. The Hall–Kier alpha value is -6.54. The van der Waals surface area contributed by atoms with Crippen molar-refractivity contribution in [2.75, 3.05) is 0 Å². The van der Waals surface area contributed by atoms with Crippen molar-refractivity contribution in [3.63, 3.8) is 0 Å². The highest BCUT2D eigenvalue weighted by Crippen LogP contribution is 2.54. The van der Waals surface area contributed by atoms with Gasteiger partial charge in [-0.15, -0.1) is 11.3 Å². The molecule has 56 heavy (non-hydrogen) atoms. The van der Waals surface area contributed by atoms with Gasteiger partial charge in [0.1, 0.15) is 0 Å². The molecule has 1 heteroatoms. The minimum Gasteiger partial charge on any atom is -0.135 e. The lowest BCUT2D eigenvalue weighted by Gasteiger charge is -2.22. The molecule has 10 aromatic carbocycles. The van der Waals surface area contributed by atoms with Crippen molar-refractivity contribution >= 4 is 74.6 Å². The van der Waals surface area contributed by atoms with Crippen molar-refractivity contribution in [3.05, 3.63) is 193 Å². The second kappa shape index (κ2) is 11.7. The molecule has 0 spiro atoms. The Morgan fingerprint density at radius 3 is 1.62 bits per heavy atom. The average molecular weight is 729 g/mol. The van der Waals surface area contributed by atoms with Crippen LogP contribution in [0.15, 0.2) is 182 Å². The third kappa shape index (κ3) is 4.47. The molecule has 12 rings (SSSR count). The fourth-order valence-electron chi connectivity index (χ4n) is 9.96. The summed E-state index contributed by atoms with van der Waals surface area (Å²) < 4.78 is 2.71. The standard InChI is InChI=1S/C55H36S/c1-55(2)46-29-26-36-27-30-49-54(45-17-9-10-18-48(45)56-49)52(36)53(46)44-28-25-38(32-47(44)55)34-19-22-35(23-20-34)50-40-13-5-7-15-42(40)51(43-16-8-6-14-41(43)50)39-24-21-33-11-3-4-12-37(33)31-39/h3-32H,1-2H3. The number of thiophene rings is 1. The van der Waals surface area contributed by atoms with E-state index in [1.54, 1.807) is 0 Å². The van der Waals surface area contributed by atoms with Gasteiger partial charge in [-0.1, -0.05) is 172 Å². The first-order chi connectivity index (χ1) is 27.5. The predicted octanol–water partition coefficient (Wildman–Crippen LogP) is 16.0. The Morgan fingerprint density at radius 1 is 0.339 bits per heavy atom. The molecule has 0 atom stereocenters. The second-order valence-electron chi connectivity index (χ2n) is 16.0. The largest absolute Gasteiger partial charge is 0.135 e. The van der Waals surface area contributed by atoms with E-state index in [0.29, 0.717) is 0 Å². The molecule has 0 bridgehead atoms. The summed E-state index contributed by atoms with van der Waals surface area (Å²) in [6, 6.07) is 68.2. The van der Waals surface area contributed by atoms with E-state index in [-0.39, 0.29) is 5.41 Å². The van der Waals surface area contributed by atoms with Crippen LogP contribution in [-0.2, 0) is 5.41 Å². The maximum atomic E-state index is 2.46. The van der Waals surface area contributed by atoms with E-state index >= 15 is 0 Å². The van der Waals surface area contributed by atoms with E-state index < -0.39 is 0 Å². The van der Waals surface area contributed by atoms with Crippen molar-refractivity contribution in [3.8, 4) is 44.5 Å². The van der Waals surface area contributed by atoms with E-state index in [9.17, 15) is 0 Å². The molecule has 1 aromatic heterocycles. The number of rotatable bonds is 3. The molecule has 1 aliphatic carbocycles. The fraction of sp³-hybridized carbons (Fsp3) is 0.0545. The number of hydrogen-bond donors (Lipinski definition) is 0. The maximum absolute atomic E-state index is 2.46. The van der Waals surface area contributed by atoms with Crippen LogP contribution in [0.4, 0.5) is 0 Å². The van der Waals surface area contributed by atoms with Gasteiger partial charge in [0.15, 0.2) is 0 Å². The maximum Gasteiger partial charge on any atom is 0.0362 e. The second-order valence-corrected chi connectivity index (χ2v) is 17.1. The van der Waals surface area contributed by atoms with Gasteiger partial charge in [-0.05, 0) is 123 Å². The van der Waals surface area contributed by atoms with Crippen molar-refractivity contribution < 1.29 is 0 Å². The Kier molecular flexibility index (Phi) is 6.66. The van der Waals surface area contributed by atoms with Crippen LogP contribution in [0, 0.1) is 0 Å². The fourth-order valence-corrected chi connectivity index (χ4v) is 11.1. The molecule has 0 saturated carbocycles. The van der Waals surface area contributed by atoms with Crippen LogP contribution < -0.4 is 0 Å². The number of fused-ring (bicyclic) bond motifs is 12. The molecule has 0 amide bonds. The number of benzene rings is 10. The Morgan fingerprint density at radius 2 is 0.893 bits per heavy atom. The van der Waals surface area contributed by atoms with Gasteiger partial charge < -0.3 is 0 Å². The Bertz CT molecular complexity index is 3370. The summed E-state index contributed by atoms with van der Waals surface area (Å²) >= 11 is 1.90. The van der Waals surface area contributed by atoms with Crippen molar-refractivity contribution in [1.82, 2.24) is 0 Å². The highest BCUT2D eigenvalue weighted by atomic mass is 32.1. The third-order valence-corrected chi connectivity index (χ3v) is 13.8. The molecule has 0 radical (unpaired) electrons. The van der Waals surface area contributed by atoms with Gasteiger partial charge in [0.05, 0.1) is 0 Å². The predicted molar refractivity (Wildman–Crippen MR) is 243 cm³/mol. The molecule has 11 aromatic rings. The van der Waals surface area contributed by atoms with Crippen molar-refractivity contribution in [2.45, 2.75) is 19.3 Å². The highest BCUT2D eigenvalue weighted by molar-refractivity contribution is 7.26. The van der Waals surface area contributed by atoms with Crippen LogP contribution in [0.5, 0.6) is 0 Å². The normalized spacial score (nSPS) is 13.3. The first-order valence-corrected chi connectivity index (χ1v) is 20.4. The smallest absolute Gasteiger partial charge is 0.0362 e. The summed E-state index contributed by atoms with van der Waals surface area (Å²) in [5.41, 5.74) is 13.0. The van der Waals surface area contributed by atoms with E-state index in [0.717, 1.165) is 0 Å². The Labute approximate surface area is 329 Å². The molecular formula is C55H36S. The first kappa shape index (κ1) is 31.8. The zero-order chi connectivity index (χ0) is 37.1. The molecule has 1 aliphatic rings. The number of hydrogen-bond acceptors (Lipinski definition) is 1. The summed E-state index contributed by atoms with van der Waals surface area (Å²) in [7, 11) is 0. The van der Waals surface area contributed by atoms with Crippen molar-refractivity contribution in [2.24, 2.45) is 0 Å². The minimum atomic E-state index is -0.118. The van der Waals surface area contributed by atoms with Crippen molar-refractivity contribution in [1.29, 1.82) is 0 Å². The van der Waals surface area contributed by atoms with Crippen LogP contribution in [0.3, 0.4) is 0 Å². The lowest BCUT2D eigenvalue weighted by atomic mass is 9.81. The molecule has 262 valence electrons.